The number of amides is 1. The SMILES string of the molecule is CCC1CCNC(C(=O)NC2(C(=O)O)CCCCC2)C1. The summed E-state index contributed by atoms with van der Waals surface area (Å²) in [5.41, 5.74) is -1.03. The van der Waals surface area contributed by atoms with Crippen LogP contribution in [0.2, 0.25) is 0 Å². The molecule has 2 aliphatic rings. The molecule has 5 heteroatoms. The van der Waals surface area contributed by atoms with Crippen LogP contribution < -0.4 is 10.6 Å². The van der Waals surface area contributed by atoms with E-state index in [1.54, 1.807) is 0 Å². The zero-order chi connectivity index (χ0) is 14.6. The summed E-state index contributed by atoms with van der Waals surface area (Å²) in [6, 6.07) is -0.230. The van der Waals surface area contributed by atoms with E-state index in [9.17, 15) is 14.7 Å². The molecule has 2 rings (SSSR count). The molecule has 0 spiro atoms. The molecule has 1 heterocycles. The third-order valence-electron chi connectivity index (χ3n) is 4.89. The molecule has 0 aromatic rings. The van der Waals surface area contributed by atoms with Crippen LogP contribution in [0.5, 0.6) is 0 Å². The first-order chi connectivity index (χ1) is 9.57. The maximum atomic E-state index is 12.4. The summed E-state index contributed by atoms with van der Waals surface area (Å²) in [7, 11) is 0. The quantitative estimate of drug-likeness (QED) is 0.733. The lowest BCUT2D eigenvalue weighted by molar-refractivity contribution is -0.149. The molecule has 1 saturated carbocycles. The van der Waals surface area contributed by atoms with Crippen LogP contribution in [0.4, 0.5) is 0 Å². The van der Waals surface area contributed by atoms with Crippen molar-refractivity contribution in [3.63, 3.8) is 0 Å². The van der Waals surface area contributed by atoms with Crippen molar-refractivity contribution in [3.8, 4) is 0 Å². The Morgan fingerprint density at radius 1 is 1.30 bits per heavy atom. The van der Waals surface area contributed by atoms with Gasteiger partial charge in [-0.25, -0.2) is 4.79 Å². The minimum Gasteiger partial charge on any atom is -0.480 e. The Bertz CT molecular complexity index is 364. The third kappa shape index (κ3) is 3.32. The molecule has 3 N–H and O–H groups in total. The first kappa shape index (κ1) is 15.3. The van der Waals surface area contributed by atoms with Crippen LogP contribution >= 0.6 is 0 Å². The van der Waals surface area contributed by atoms with Gasteiger partial charge in [-0.15, -0.1) is 0 Å². The van der Waals surface area contributed by atoms with E-state index >= 15 is 0 Å². The van der Waals surface area contributed by atoms with E-state index in [-0.39, 0.29) is 11.9 Å². The van der Waals surface area contributed by atoms with Crippen molar-refractivity contribution in [2.75, 3.05) is 6.54 Å². The van der Waals surface area contributed by atoms with Crippen LogP contribution in [0.25, 0.3) is 0 Å². The number of piperidine rings is 1. The lowest BCUT2D eigenvalue weighted by Crippen LogP contribution is -2.60. The summed E-state index contributed by atoms with van der Waals surface area (Å²) in [6.07, 6.45) is 6.92. The van der Waals surface area contributed by atoms with Gasteiger partial charge in [-0.05, 0) is 38.1 Å². The standard InChI is InChI=1S/C15H26N2O3/c1-2-11-6-9-16-12(10-11)13(18)17-15(14(19)20)7-4-3-5-8-15/h11-12,16H,2-10H2,1H3,(H,17,18)(H,19,20). The normalized spacial score (nSPS) is 29.6. The molecule has 2 fully saturated rings. The third-order valence-corrected chi connectivity index (χ3v) is 4.89. The van der Waals surface area contributed by atoms with Crippen LogP contribution in [0.15, 0.2) is 0 Å². The number of carboxylic acids is 1. The summed E-state index contributed by atoms with van der Waals surface area (Å²) in [5.74, 6) is -0.444. The first-order valence-corrected chi connectivity index (χ1v) is 7.86. The summed E-state index contributed by atoms with van der Waals surface area (Å²) >= 11 is 0. The van der Waals surface area contributed by atoms with Gasteiger partial charge >= 0.3 is 5.97 Å². The van der Waals surface area contributed by atoms with E-state index in [0.29, 0.717) is 18.8 Å². The summed E-state index contributed by atoms with van der Waals surface area (Å²) in [4.78, 5) is 24.0. The van der Waals surface area contributed by atoms with E-state index in [1.807, 2.05) is 0 Å². The number of carboxylic acid groups (broad SMARTS) is 1. The Kier molecular flexibility index (Phi) is 5.02. The molecule has 114 valence electrons. The molecule has 5 nitrogen and oxygen atoms in total. The second-order valence-corrected chi connectivity index (χ2v) is 6.24. The second kappa shape index (κ2) is 6.57. The molecule has 1 aliphatic carbocycles. The highest BCUT2D eigenvalue weighted by atomic mass is 16.4. The van der Waals surface area contributed by atoms with E-state index in [0.717, 1.165) is 45.1 Å². The van der Waals surface area contributed by atoms with Crippen molar-refractivity contribution < 1.29 is 14.7 Å². The average molecular weight is 282 g/mol. The zero-order valence-corrected chi connectivity index (χ0v) is 12.3. The van der Waals surface area contributed by atoms with Crippen LogP contribution in [-0.2, 0) is 9.59 Å². The van der Waals surface area contributed by atoms with Gasteiger partial charge in [0.15, 0.2) is 0 Å². The first-order valence-electron chi connectivity index (χ1n) is 7.86. The summed E-state index contributed by atoms with van der Waals surface area (Å²) < 4.78 is 0. The average Bonchev–Trinajstić information content (AvgIpc) is 2.48. The van der Waals surface area contributed by atoms with Crippen molar-refractivity contribution in [1.29, 1.82) is 0 Å². The Balaban J connectivity index is 1.99. The number of hydrogen-bond acceptors (Lipinski definition) is 3. The van der Waals surface area contributed by atoms with Gasteiger partial charge in [-0.2, -0.15) is 0 Å². The van der Waals surface area contributed by atoms with Crippen molar-refractivity contribution in [1.82, 2.24) is 10.6 Å². The Labute approximate surface area is 120 Å². The Morgan fingerprint density at radius 3 is 2.60 bits per heavy atom. The lowest BCUT2D eigenvalue weighted by Gasteiger charge is -2.37. The van der Waals surface area contributed by atoms with Gasteiger partial charge in [0.05, 0.1) is 6.04 Å². The zero-order valence-electron chi connectivity index (χ0n) is 12.3. The van der Waals surface area contributed by atoms with Gasteiger partial charge in [0.1, 0.15) is 5.54 Å². The molecule has 20 heavy (non-hydrogen) atoms. The maximum Gasteiger partial charge on any atom is 0.329 e. The molecule has 1 saturated heterocycles. The smallest absolute Gasteiger partial charge is 0.329 e. The number of aliphatic carboxylic acids is 1. The molecule has 2 unspecified atom stereocenters. The summed E-state index contributed by atoms with van der Waals surface area (Å²) in [6.45, 7) is 2.99. The van der Waals surface area contributed by atoms with Crippen molar-refractivity contribution in [3.05, 3.63) is 0 Å². The van der Waals surface area contributed by atoms with Crippen LogP contribution in [0, 0.1) is 5.92 Å². The highest BCUT2D eigenvalue weighted by Crippen LogP contribution is 2.29. The molecular weight excluding hydrogens is 256 g/mol. The fraction of sp³-hybridized carbons (Fsp3) is 0.867. The summed E-state index contributed by atoms with van der Waals surface area (Å²) in [5, 5.41) is 15.6. The van der Waals surface area contributed by atoms with Crippen molar-refractivity contribution >= 4 is 11.9 Å². The van der Waals surface area contributed by atoms with E-state index < -0.39 is 11.5 Å². The van der Waals surface area contributed by atoms with E-state index in [4.69, 9.17) is 0 Å². The highest BCUT2D eigenvalue weighted by Gasteiger charge is 2.42. The van der Waals surface area contributed by atoms with Gasteiger partial charge in [0.2, 0.25) is 5.91 Å². The van der Waals surface area contributed by atoms with Gasteiger partial charge in [-0.1, -0.05) is 32.6 Å². The second-order valence-electron chi connectivity index (χ2n) is 6.24. The lowest BCUT2D eigenvalue weighted by atomic mass is 9.81. The molecule has 0 bridgehead atoms. The topological polar surface area (TPSA) is 78.4 Å². The van der Waals surface area contributed by atoms with E-state index in [2.05, 4.69) is 17.6 Å². The van der Waals surface area contributed by atoms with Gasteiger partial charge < -0.3 is 15.7 Å². The Morgan fingerprint density at radius 2 is 2.00 bits per heavy atom. The number of hydrogen-bond donors (Lipinski definition) is 3. The highest BCUT2D eigenvalue weighted by molar-refractivity contribution is 5.89. The number of carbonyl (C=O) groups excluding carboxylic acids is 1. The molecule has 1 amide bonds. The number of rotatable bonds is 4. The fourth-order valence-corrected chi connectivity index (χ4v) is 3.44. The maximum absolute atomic E-state index is 12.4. The minimum atomic E-state index is -1.03. The molecular formula is C15H26N2O3. The van der Waals surface area contributed by atoms with Crippen molar-refractivity contribution in [2.24, 2.45) is 5.92 Å². The molecule has 0 radical (unpaired) electrons. The predicted octanol–water partition coefficient (Wildman–Crippen LogP) is 1.67. The van der Waals surface area contributed by atoms with E-state index in [1.165, 1.54) is 0 Å². The molecule has 0 aromatic heterocycles. The van der Waals surface area contributed by atoms with Crippen molar-refractivity contribution in [2.45, 2.75) is 69.9 Å². The predicted molar refractivity (Wildman–Crippen MR) is 76.4 cm³/mol. The number of carbonyl (C=O) groups is 2. The van der Waals surface area contributed by atoms with Crippen LogP contribution in [0.3, 0.4) is 0 Å². The molecule has 0 aromatic carbocycles. The van der Waals surface area contributed by atoms with Crippen LogP contribution in [-0.4, -0.2) is 35.1 Å². The van der Waals surface area contributed by atoms with Gasteiger partial charge in [0, 0.05) is 0 Å². The minimum absolute atomic E-state index is 0.132. The van der Waals surface area contributed by atoms with Gasteiger partial charge in [0.25, 0.3) is 0 Å². The number of nitrogens with one attached hydrogen (secondary N) is 2. The molecule has 2 atom stereocenters. The van der Waals surface area contributed by atoms with Gasteiger partial charge in [-0.3, -0.25) is 4.79 Å². The van der Waals surface area contributed by atoms with Crippen LogP contribution in [0.1, 0.15) is 58.3 Å². The Hall–Kier alpha value is -1.10. The molecule has 1 aliphatic heterocycles. The monoisotopic (exact) mass is 282 g/mol. The largest absolute Gasteiger partial charge is 0.480 e. The fourth-order valence-electron chi connectivity index (χ4n) is 3.44.